The van der Waals surface area contributed by atoms with E-state index in [0.717, 1.165) is 29.2 Å². The fraction of sp³-hybridized carbons (Fsp3) is 0.294. The van der Waals surface area contributed by atoms with Crippen molar-refractivity contribution in [3.63, 3.8) is 0 Å². The van der Waals surface area contributed by atoms with Crippen molar-refractivity contribution in [2.24, 2.45) is 0 Å². The molecule has 1 aliphatic heterocycles. The molecule has 0 radical (unpaired) electrons. The van der Waals surface area contributed by atoms with E-state index in [-0.39, 0.29) is 16.1 Å². The lowest BCUT2D eigenvalue weighted by Crippen LogP contribution is -2.13. The third kappa shape index (κ3) is 4.80. The molecule has 0 saturated carbocycles. The number of ether oxygens (including phenoxy) is 2. The maximum Gasteiger partial charge on any atom is 0.387 e. The summed E-state index contributed by atoms with van der Waals surface area (Å²) in [7, 11) is -3.00. The van der Waals surface area contributed by atoms with Gasteiger partial charge in [0, 0.05) is 11.5 Å². The predicted octanol–water partition coefficient (Wildman–Crippen LogP) is 4.54. The van der Waals surface area contributed by atoms with Crippen LogP contribution in [0.2, 0.25) is 0 Å². The topological polar surface area (TPSA) is 61.8 Å². The molecule has 1 aliphatic rings. The van der Waals surface area contributed by atoms with Crippen LogP contribution in [0.4, 0.5) is 8.78 Å². The van der Waals surface area contributed by atoms with E-state index < -0.39 is 27.4 Å². The lowest BCUT2D eigenvalue weighted by Gasteiger charge is -2.15. The Bertz CT molecular complexity index is 899. The van der Waals surface area contributed by atoms with Gasteiger partial charge in [0.1, 0.15) is 10.6 Å². The fourth-order valence-electron chi connectivity index (χ4n) is 2.46. The Kier molecular flexibility index (Phi) is 6.38. The highest BCUT2D eigenvalue weighted by Crippen LogP contribution is 2.47. The number of alkyl halides is 2. The van der Waals surface area contributed by atoms with Gasteiger partial charge in [0.05, 0.1) is 11.7 Å². The maximum absolute atomic E-state index is 12.6. The smallest absolute Gasteiger partial charge is 0.387 e. The second-order valence-electron chi connectivity index (χ2n) is 5.35. The highest BCUT2D eigenvalue weighted by Gasteiger charge is 2.26. The SMILES string of the molecule is COc1cc(C2SCCS2)ccc1OS(=O)(=O)c1ccccc1OC(F)F. The van der Waals surface area contributed by atoms with Gasteiger partial charge in [-0.3, -0.25) is 0 Å². The molecule has 2 aromatic carbocycles. The molecule has 1 heterocycles. The molecule has 0 bridgehead atoms. The van der Waals surface area contributed by atoms with Crippen molar-refractivity contribution < 1.29 is 30.9 Å². The molecule has 0 aromatic heterocycles. The van der Waals surface area contributed by atoms with Gasteiger partial charge in [0.15, 0.2) is 11.5 Å². The molecule has 1 fully saturated rings. The number of methoxy groups -OCH3 is 1. The van der Waals surface area contributed by atoms with Gasteiger partial charge >= 0.3 is 16.7 Å². The summed E-state index contributed by atoms with van der Waals surface area (Å²) in [6, 6.07) is 10.1. The molecule has 1 saturated heterocycles. The van der Waals surface area contributed by atoms with Crippen LogP contribution in [0, 0.1) is 0 Å². The molecule has 5 nitrogen and oxygen atoms in total. The van der Waals surface area contributed by atoms with E-state index in [0.29, 0.717) is 0 Å². The zero-order valence-corrected chi connectivity index (χ0v) is 16.6. The molecule has 0 spiro atoms. The molecule has 146 valence electrons. The van der Waals surface area contributed by atoms with E-state index in [9.17, 15) is 17.2 Å². The van der Waals surface area contributed by atoms with Crippen LogP contribution in [-0.2, 0) is 10.1 Å². The fourth-order valence-corrected chi connectivity index (χ4v) is 6.37. The average molecular weight is 435 g/mol. The number of halogens is 2. The summed E-state index contributed by atoms with van der Waals surface area (Å²) in [6.07, 6.45) is 0. The Balaban J connectivity index is 1.90. The minimum Gasteiger partial charge on any atom is -0.493 e. The normalized spacial score (nSPS) is 15.1. The summed E-state index contributed by atoms with van der Waals surface area (Å²) in [4.78, 5) is -0.488. The summed E-state index contributed by atoms with van der Waals surface area (Å²) in [5.41, 5.74) is 0.991. The molecule has 0 amide bonds. The Morgan fingerprint density at radius 3 is 2.41 bits per heavy atom. The first-order valence-corrected chi connectivity index (χ1v) is 11.3. The van der Waals surface area contributed by atoms with E-state index >= 15 is 0 Å². The quantitative estimate of drug-likeness (QED) is 0.593. The molecule has 0 unspecified atom stereocenters. The molecule has 27 heavy (non-hydrogen) atoms. The van der Waals surface area contributed by atoms with E-state index in [1.165, 1.54) is 25.3 Å². The summed E-state index contributed by atoms with van der Waals surface area (Å²) in [5.74, 6) is 1.83. The lowest BCUT2D eigenvalue weighted by atomic mass is 10.2. The van der Waals surface area contributed by atoms with Crippen LogP contribution in [0.1, 0.15) is 10.1 Å². The van der Waals surface area contributed by atoms with Crippen molar-refractivity contribution in [2.45, 2.75) is 16.1 Å². The zero-order valence-electron chi connectivity index (χ0n) is 14.1. The highest BCUT2D eigenvalue weighted by atomic mass is 32.2. The van der Waals surface area contributed by atoms with Gasteiger partial charge in [0.25, 0.3) is 0 Å². The lowest BCUT2D eigenvalue weighted by molar-refractivity contribution is -0.0518. The second-order valence-corrected chi connectivity index (χ2v) is 9.59. The predicted molar refractivity (Wildman–Crippen MR) is 102 cm³/mol. The van der Waals surface area contributed by atoms with Crippen molar-refractivity contribution in [1.29, 1.82) is 0 Å². The summed E-state index contributed by atoms with van der Waals surface area (Å²) >= 11 is 3.60. The Hall–Kier alpha value is -1.65. The van der Waals surface area contributed by atoms with Crippen molar-refractivity contribution in [1.82, 2.24) is 0 Å². The van der Waals surface area contributed by atoms with E-state index in [4.69, 9.17) is 8.92 Å². The van der Waals surface area contributed by atoms with Crippen LogP contribution < -0.4 is 13.7 Å². The standard InChI is InChI=1S/C17H16F2O5S3/c1-22-14-10-11(16-25-8-9-26-16)6-7-12(14)24-27(20,21)15-5-3-2-4-13(15)23-17(18)19/h2-7,10,16-17H,8-9H2,1H3. The number of benzene rings is 2. The molecular weight excluding hydrogens is 418 g/mol. The molecule has 10 heteroatoms. The van der Waals surface area contributed by atoms with Crippen LogP contribution in [0.3, 0.4) is 0 Å². The molecule has 0 atom stereocenters. The largest absolute Gasteiger partial charge is 0.493 e. The average Bonchev–Trinajstić information content (AvgIpc) is 3.16. The first-order chi connectivity index (χ1) is 12.9. The Labute approximate surface area is 164 Å². The second kappa shape index (κ2) is 8.57. The number of rotatable bonds is 7. The summed E-state index contributed by atoms with van der Waals surface area (Å²) < 4.78 is 65.3. The molecule has 0 N–H and O–H groups in total. The van der Waals surface area contributed by atoms with E-state index in [2.05, 4.69) is 4.74 Å². The van der Waals surface area contributed by atoms with Crippen molar-refractivity contribution in [3.05, 3.63) is 48.0 Å². The Morgan fingerprint density at radius 1 is 1.04 bits per heavy atom. The molecular formula is C17H16F2O5S3. The zero-order chi connectivity index (χ0) is 19.4. The van der Waals surface area contributed by atoms with Crippen molar-refractivity contribution in [2.75, 3.05) is 18.6 Å². The molecule has 2 aromatic rings. The summed E-state index contributed by atoms with van der Waals surface area (Å²) in [6.45, 7) is -3.16. The van der Waals surface area contributed by atoms with Crippen LogP contribution in [0.15, 0.2) is 47.4 Å². The van der Waals surface area contributed by atoms with Crippen LogP contribution >= 0.6 is 23.5 Å². The Morgan fingerprint density at radius 2 is 1.74 bits per heavy atom. The molecule has 0 aliphatic carbocycles. The van der Waals surface area contributed by atoms with Crippen LogP contribution in [-0.4, -0.2) is 33.6 Å². The van der Waals surface area contributed by atoms with Crippen molar-refractivity contribution >= 4 is 33.6 Å². The van der Waals surface area contributed by atoms with Gasteiger partial charge in [-0.2, -0.15) is 17.2 Å². The van der Waals surface area contributed by atoms with Gasteiger partial charge in [-0.05, 0) is 29.8 Å². The number of para-hydroxylation sites is 1. The first kappa shape index (κ1) is 20.1. The van der Waals surface area contributed by atoms with Gasteiger partial charge in [-0.1, -0.05) is 18.2 Å². The summed E-state index contributed by atoms with van der Waals surface area (Å²) in [5, 5.41) is 0. The minimum atomic E-state index is -4.40. The van der Waals surface area contributed by atoms with Crippen molar-refractivity contribution in [3.8, 4) is 17.2 Å². The minimum absolute atomic E-state index is 0.0268. The van der Waals surface area contributed by atoms with Gasteiger partial charge < -0.3 is 13.7 Å². The number of hydrogen-bond acceptors (Lipinski definition) is 7. The molecule has 3 rings (SSSR count). The van der Waals surface area contributed by atoms with E-state index in [1.54, 1.807) is 35.7 Å². The van der Waals surface area contributed by atoms with Gasteiger partial charge in [0.2, 0.25) is 0 Å². The highest BCUT2D eigenvalue weighted by molar-refractivity contribution is 8.19. The first-order valence-electron chi connectivity index (χ1n) is 7.80. The maximum atomic E-state index is 12.6. The van der Waals surface area contributed by atoms with Crippen LogP contribution in [0.25, 0.3) is 0 Å². The van der Waals surface area contributed by atoms with Crippen LogP contribution in [0.5, 0.6) is 17.2 Å². The third-order valence-corrected chi connectivity index (χ3v) is 7.99. The number of thioether (sulfide) groups is 2. The van der Waals surface area contributed by atoms with Gasteiger partial charge in [-0.25, -0.2) is 0 Å². The van der Waals surface area contributed by atoms with Gasteiger partial charge in [-0.15, -0.1) is 23.5 Å². The number of hydrogen-bond donors (Lipinski definition) is 0. The third-order valence-electron chi connectivity index (χ3n) is 3.62. The monoisotopic (exact) mass is 434 g/mol. The van der Waals surface area contributed by atoms with E-state index in [1.807, 2.05) is 0 Å².